The molecule has 0 saturated heterocycles. The fourth-order valence-corrected chi connectivity index (χ4v) is 3.80. The van der Waals surface area contributed by atoms with Crippen LogP contribution in [0, 0.1) is 0 Å². The van der Waals surface area contributed by atoms with Crippen molar-refractivity contribution in [2.24, 2.45) is 0 Å². The zero-order valence-electron chi connectivity index (χ0n) is 14.7. The molecule has 0 bridgehead atoms. The highest BCUT2D eigenvalue weighted by Gasteiger charge is 2.15. The zero-order valence-corrected chi connectivity index (χ0v) is 16.2. The van der Waals surface area contributed by atoms with Gasteiger partial charge in [0.25, 0.3) is 0 Å². The number of anilines is 2. The molecule has 2 aromatic carbocycles. The number of thioether (sulfide) groups is 1. The second-order valence-corrected chi connectivity index (χ2v) is 7.24. The Hall–Kier alpha value is -3.10. The van der Waals surface area contributed by atoms with Gasteiger partial charge >= 0.3 is 0 Å². The van der Waals surface area contributed by atoms with Crippen molar-refractivity contribution in [3.8, 4) is 16.9 Å². The molecule has 0 fully saturated rings. The number of hydrogen-bond acceptors (Lipinski definition) is 7. The van der Waals surface area contributed by atoms with Gasteiger partial charge in [-0.3, -0.25) is 4.57 Å². The quantitative estimate of drug-likeness (QED) is 0.482. The highest BCUT2D eigenvalue weighted by Crippen LogP contribution is 2.31. The van der Waals surface area contributed by atoms with E-state index in [1.807, 2.05) is 60.8 Å². The summed E-state index contributed by atoms with van der Waals surface area (Å²) in [5.74, 6) is 1.15. The van der Waals surface area contributed by atoms with Gasteiger partial charge < -0.3 is 11.5 Å². The number of nitrogens with two attached hydrogens (primary N) is 2. The summed E-state index contributed by atoms with van der Waals surface area (Å²) in [6.45, 7) is 0. The molecular weight excluding hydrogens is 394 g/mol. The molecule has 9 heteroatoms. The molecule has 4 aromatic rings. The largest absolute Gasteiger partial charge is 0.368 e. The lowest BCUT2D eigenvalue weighted by atomic mass is 10.1. The molecule has 7 nitrogen and oxygen atoms in total. The van der Waals surface area contributed by atoms with Gasteiger partial charge in [0.2, 0.25) is 11.9 Å². The van der Waals surface area contributed by atoms with Gasteiger partial charge in [-0.1, -0.05) is 59.8 Å². The Morgan fingerprint density at radius 3 is 2.39 bits per heavy atom. The minimum atomic E-state index is 0.103. The van der Waals surface area contributed by atoms with E-state index in [0.29, 0.717) is 16.6 Å². The van der Waals surface area contributed by atoms with Crippen LogP contribution in [0.1, 0.15) is 5.82 Å². The molecule has 140 valence electrons. The topological polar surface area (TPSA) is 109 Å². The average molecular weight is 410 g/mol. The van der Waals surface area contributed by atoms with Gasteiger partial charge in [-0.05, 0) is 18.2 Å². The van der Waals surface area contributed by atoms with Crippen molar-refractivity contribution >= 4 is 35.3 Å². The van der Waals surface area contributed by atoms with Crippen molar-refractivity contribution in [2.45, 2.75) is 10.9 Å². The Bertz CT molecular complexity index is 1090. The third-order valence-corrected chi connectivity index (χ3v) is 5.10. The summed E-state index contributed by atoms with van der Waals surface area (Å²) < 4.78 is 2.06. The molecular formula is C19H16ClN7S. The Balaban J connectivity index is 1.74. The van der Waals surface area contributed by atoms with Gasteiger partial charge in [-0.25, -0.2) is 4.98 Å². The van der Waals surface area contributed by atoms with Crippen molar-refractivity contribution in [1.29, 1.82) is 0 Å². The van der Waals surface area contributed by atoms with Crippen LogP contribution < -0.4 is 11.5 Å². The van der Waals surface area contributed by atoms with Crippen LogP contribution >= 0.6 is 23.4 Å². The summed E-state index contributed by atoms with van der Waals surface area (Å²) in [6, 6.07) is 17.7. The van der Waals surface area contributed by atoms with Crippen molar-refractivity contribution in [3.05, 3.63) is 71.6 Å². The van der Waals surface area contributed by atoms with Crippen LogP contribution in [0.3, 0.4) is 0 Å². The van der Waals surface area contributed by atoms with Crippen LogP contribution in [0.2, 0.25) is 5.02 Å². The van der Waals surface area contributed by atoms with E-state index in [2.05, 4.69) is 24.5 Å². The van der Waals surface area contributed by atoms with Gasteiger partial charge in [0.05, 0.1) is 17.6 Å². The van der Waals surface area contributed by atoms with E-state index >= 15 is 0 Å². The molecule has 0 aliphatic carbocycles. The SMILES string of the molecule is Nc1nc(N)nc(CSc2ncc(-c3ccccc3)n2-c2cccc(Cl)c2)n1. The molecule has 2 aromatic heterocycles. The third-order valence-electron chi connectivity index (χ3n) is 3.91. The first kappa shape index (κ1) is 18.3. The number of aromatic nitrogens is 5. The first-order valence-corrected chi connectivity index (χ1v) is 9.74. The van der Waals surface area contributed by atoms with E-state index in [1.165, 1.54) is 11.8 Å². The summed E-state index contributed by atoms with van der Waals surface area (Å²) in [7, 11) is 0. The summed E-state index contributed by atoms with van der Waals surface area (Å²) in [4.78, 5) is 16.7. The molecule has 0 atom stereocenters. The first-order valence-electron chi connectivity index (χ1n) is 8.38. The van der Waals surface area contributed by atoms with E-state index < -0.39 is 0 Å². The summed E-state index contributed by atoms with van der Waals surface area (Å²) in [5.41, 5.74) is 14.2. The molecule has 0 aliphatic heterocycles. The van der Waals surface area contributed by atoms with Crippen molar-refractivity contribution in [2.75, 3.05) is 11.5 Å². The summed E-state index contributed by atoms with van der Waals surface area (Å²) in [6.07, 6.45) is 1.84. The van der Waals surface area contributed by atoms with Crippen LogP contribution in [0.25, 0.3) is 16.9 Å². The van der Waals surface area contributed by atoms with E-state index in [0.717, 1.165) is 22.1 Å². The summed E-state index contributed by atoms with van der Waals surface area (Å²) in [5, 5.41) is 1.43. The normalized spacial score (nSPS) is 10.9. The minimum Gasteiger partial charge on any atom is -0.368 e. The number of rotatable bonds is 5. The van der Waals surface area contributed by atoms with Crippen LogP contribution in [0.4, 0.5) is 11.9 Å². The number of imidazole rings is 1. The molecule has 0 spiro atoms. The maximum absolute atomic E-state index is 6.22. The number of nitrogen functional groups attached to an aromatic ring is 2. The smallest absolute Gasteiger partial charge is 0.225 e. The maximum atomic E-state index is 6.22. The number of benzene rings is 2. The lowest BCUT2D eigenvalue weighted by Gasteiger charge is -2.12. The minimum absolute atomic E-state index is 0.103. The standard InChI is InChI=1S/C19H16ClN7S/c20-13-7-4-8-14(9-13)27-15(12-5-2-1-3-6-12)10-23-19(27)28-11-16-24-17(21)26-18(22)25-16/h1-10H,11H2,(H4,21,22,24,25,26). The number of nitrogens with zero attached hydrogens (tertiary/aromatic N) is 5. The predicted octanol–water partition coefficient (Wildman–Crippen LogP) is 3.83. The van der Waals surface area contributed by atoms with E-state index in [-0.39, 0.29) is 11.9 Å². The van der Waals surface area contributed by atoms with Gasteiger partial charge in [0.1, 0.15) is 5.82 Å². The molecule has 0 unspecified atom stereocenters. The molecule has 0 radical (unpaired) electrons. The molecule has 0 saturated carbocycles. The fraction of sp³-hybridized carbons (Fsp3) is 0.0526. The Morgan fingerprint density at radius 2 is 1.68 bits per heavy atom. The lowest BCUT2D eigenvalue weighted by molar-refractivity contribution is 0.896. The van der Waals surface area contributed by atoms with Crippen LogP contribution in [-0.4, -0.2) is 24.5 Å². The zero-order chi connectivity index (χ0) is 19.5. The first-order chi connectivity index (χ1) is 13.6. The van der Waals surface area contributed by atoms with Crippen molar-refractivity contribution < 1.29 is 0 Å². The van der Waals surface area contributed by atoms with Gasteiger partial charge in [0, 0.05) is 16.3 Å². The van der Waals surface area contributed by atoms with E-state index in [9.17, 15) is 0 Å². The monoisotopic (exact) mass is 409 g/mol. The second kappa shape index (κ2) is 7.87. The third kappa shape index (κ3) is 3.92. The predicted molar refractivity (Wildman–Crippen MR) is 112 cm³/mol. The number of halogens is 1. The Morgan fingerprint density at radius 1 is 0.929 bits per heavy atom. The van der Waals surface area contributed by atoms with E-state index in [4.69, 9.17) is 23.1 Å². The molecule has 4 N–H and O–H groups in total. The van der Waals surface area contributed by atoms with Gasteiger partial charge in [-0.2, -0.15) is 15.0 Å². The second-order valence-electron chi connectivity index (χ2n) is 5.86. The van der Waals surface area contributed by atoms with Crippen molar-refractivity contribution in [3.63, 3.8) is 0 Å². The maximum Gasteiger partial charge on any atom is 0.225 e. The van der Waals surface area contributed by atoms with Gasteiger partial charge in [-0.15, -0.1) is 0 Å². The number of hydrogen-bond donors (Lipinski definition) is 2. The fourth-order valence-electron chi connectivity index (χ4n) is 2.76. The molecule has 28 heavy (non-hydrogen) atoms. The Kier molecular flexibility index (Phi) is 5.14. The summed E-state index contributed by atoms with van der Waals surface area (Å²) >= 11 is 7.70. The van der Waals surface area contributed by atoms with Gasteiger partial charge in [0.15, 0.2) is 5.16 Å². The molecule has 0 aliphatic rings. The Labute approximate surface area is 170 Å². The van der Waals surface area contributed by atoms with Crippen molar-refractivity contribution in [1.82, 2.24) is 24.5 Å². The lowest BCUT2D eigenvalue weighted by Crippen LogP contribution is -2.06. The average Bonchev–Trinajstić information content (AvgIpc) is 3.10. The van der Waals surface area contributed by atoms with Crippen LogP contribution in [0.15, 0.2) is 66.0 Å². The molecule has 0 amide bonds. The highest BCUT2D eigenvalue weighted by molar-refractivity contribution is 7.98. The highest BCUT2D eigenvalue weighted by atomic mass is 35.5. The molecule has 4 rings (SSSR count). The van der Waals surface area contributed by atoms with E-state index in [1.54, 1.807) is 0 Å². The van der Waals surface area contributed by atoms with Crippen LogP contribution in [-0.2, 0) is 5.75 Å². The molecule has 2 heterocycles. The van der Waals surface area contributed by atoms with Crippen LogP contribution in [0.5, 0.6) is 0 Å².